The van der Waals surface area contributed by atoms with Crippen LogP contribution in [-0.2, 0) is 4.74 Å². The number of amides is 1. The quantitative estimate of drug-likeness (QED) is 0.336. The van der Waals surface area contributed by atoms with Crippen LogP contribution in [0, 0.1) is 6.92 Å². The summed E-state index contributed by atoms with van der Waals surface area (Å²) in [6, 6.07) is 19.7. The van der Waals surface area contributed by atoms with Gasteiger partial charge in [0.25, 0.3) is 0 Å². The molecular weight excluding hydrogens is 406 g/mol. The molecular formula is C25H25N3O4. The van der Waals surface area contributed by atoms with Crippen LogP contribution in [0.5, 0.6) is 11.5 Å². The van der Waals surface area contributed by atoms with Gasteiger partial charge >= 0.3 is 6.09 Å². The van der Waals surface area contributed by atoms with Gasteiger partial charge in [-0.05, 0) is 37.3 Å². The van der Waals surface area contributed by atoms with Gasteiger partial charge in [0.15, 0.2) is 18.2 Å². The summed E-state index contributed by atoms with van der Waals surface area (Å²) in [5, 5.41) is 4.34. The Hall–Kier alpha value is -4.00. The van der Waals surface area contributed by atoms with Crippen LogP contribution >= 0.6 is 0 Å². The van der Waals surface area contributed by atoms with Gasteiger partial charge in [0, 0.05) is 29.6 Å². The molecule has 32 heavy (non-hydrogen) atoms. The molecule has 4 aromatic rings. The van der Waals surface area contributed by atoms with Crippen LogP contribution in [-0.4, -0.2) is 39.1 Å². The van der Waals surface area contributed by atoms with Gasteiger partial charge in [-0.15, -0.1) is 0 Å². The van der Waals surface area contributed by atoms with E-state index in [4.69, 9.17) is 19.2 Å². The van der Waals surface area contributed by atoms with Crippen molar-refractivity contribution in [3.05, 3.63) is 66.2 Å². The number of carbonyl (C=O) groups excluding carboxylic acids is 1. The van der Waals surface area contributed by atoms with Crippen molar-refractivity contribution < 1.29 is 19.0 Å². The number of benzene rings is 3. The average molecular weight is 431 g/mol. The van der Waals surface area contributed by atoms with Crippen molar-refractivity contribution in [3.8, 4) is 11.5 Å². The Kier molecular flexibility index (Phi) is 5.98. The molecule has 0 aliphatic rings. The number of aromatic nitrogens is 1. The van der Waals surface area contributed by atoms with Crippen molar-refractivity contribution in [2.24, 2.45) is 0 Å². The first-order valence-corrected chi connectivity index (χ1v) is 10.2. The molecule has 4 rings (SSSR count). The average Bonchev–Trinajstić information content (AvgIpc) is 2.82. The van der Waals surface area contributed by atoms with Gasteiger partial charge < -0.3 is 24.4 Å². The predicted molar refractivity (Wildman–Crippen MR) is 126 cm³/mol. The summed E-state index contributed by atoms with van der Waals surface area (Å²) in [6.07, 6.45) is -0.531. The second-order valence-corrected chi connectivity index (χ2v) is 7.29. The number of fused-ring (bicyclic) bond motifs is 2. The summed E-state index contributed by atoms with van der Waals surface area (Å²) in [4.78, 5) is 18.6. The normalized spacial score (nSPS) is 10.8. The molecule has 1 amide bonds. The van der Waals surface area contributed by atoms with Crippen LogP contribution in [0.4, 0.5) is 16.2 Å². The van der Waals surface area contributed by atoms with E-state index < -0.39 is 6.09 Å². The van der Waals surface area contributed by atoms with Gasteiger partial charge in [-0.2, -0.15) is 0 Å². The predicted octanol–water partition coefficient (Wildman–Crippen LogP) is 5.17. The maximum absolute atomic E-state index is 11.9. The highest BCUT2D eigenvalue weighted by Gasteiger charge is 2.24. The summed E-state index contributed by atoms with van der Waals surface area (Å²) in [7, 11) is 4.70. The molecule has 1 N–H and O–H groups in total. The van der Waals surface area contributed by atoms with Gasteiger partial charge in [-0.1, -0.05) is 29.8 Å². The van der Waals surface area contributed by atoms with Crippen molar-refractivity contribution >= 4 is 39.3 Å². The number of para-hydroxylation sites is 1. The van der Waals surface area contributed by atoms with E-state index in [1.807, 2.05) is 60.4 Å². The van der Waals surface area contributed by atoms with Crippen LogP contribution < -0.4 is 19.7 Å². The third-order valence-electron chi connectivity index (χ3n) is 5.25. The summed E-state index contributed by atoms with van der Waals surface area (Å²) >= 11 is 0. The number of nitrogens with zero attached hydrogens (tertiary/aromatic N) is 2. The first kappa shape index (κ1) is 21.2. The van der Waals surface area contributed by atoms with Crippen molar-refractivity contribution in [2.75, 3.05) is 32.9 Å². The topological polar surface area (TPSA) is 72.9 Å². The van der Waals surface area contributed by atoms with Crippen LogP contribution in [0.15, 0.2) is 60.7 Å². The fraction of sp³-hybridized carbons (Fsp3) is 0.200. The van der Waals surface area contributed by atoms with Crippen molar-refractivity contribution in [1.29, 1.82) is 0 Å². The smallest absolute Gasteiger partial charge is 0.408 e. The van der Waals surface area contributed by atoms with Gasteiger partial charge in [0.2, 0.25) is 0 Å². The van der Waals surface area contributed by atoms with Gasteiger partial charge in [-0.25, -0.2) is 9.78 Å². The van der Waals surface area contributed by atoms with E-state index in [1.165, 1.54) is 7.05 Å². The summed E-state index contributed by atoms with van der Waals surface area (Å²) < 4.78 is 16.9. The summed E-state index contributed by atoms with van der Waals surface area (Å²) in [5.41, 5.74) is 4.30. The number of pyridine rings is 1. The van der Waals surface area contributed by atoms with Crippen LogP contribution in [0.2, 0.25) is 0 Å². The molecule has 0 radical (unpaired) electrons. The Morgan fingerprint density at radius 3 is 2.47 bits per heavy atom. The summed E-state index contributed by atoms with van der Waals surface area (Å²) in [6.45, 7) is 2.01. The number of nitrogens with one attached hydrogen (secondary N) is 1. The van der Waals surface area contributed by atoms with E-state index in [2.05, 4.69) is 17.4 Å². The number of alkyl carbamates (subject to hydrolysis) is 1. The van der Waals surface area contributed by atoms with E-state index in [1.54, 1.807) is 14.2 Å². The van der Waals surface area contributed by atoms with Crippen molar-refractivity contribution in [2.45, 2.75) is 6.92 Å². The molecule has 0 bridgehead atoms. The molecule has 0 atom stereocenters. The Morgan fingerprint density at radius 2 is 1.78 bits per heavy atom. The zero-order valence-electron chi connectivity index (χ0n) is 18.5. The Bertz CT molecular complexity index is 1270. The molecule has 0 aliphatic heterocycles. The van der Waals surface area contributed by atoms with E-state index in [0.717, 1.165) is 33.1 Å². The molecule has 164 valence electrons. The number of anilines is 2. The largest absolute Gasteiger partial charge is 0.493 e. The Labute approximate surface area is 186 Å². The molecule has 0 saturated heterocycles. The number of carbonyl (C=O) groups is 1. The number of ether oxygens (including phenoxy) is 3. The SMILES string of the molecule is CNC(=O)OCN(c1ccccc1)c1c(OC)c(OC)cc2nc3ccc(C)cc3cc12. The van der Waals surface area contributed by atoms with Gasteiger partial charge in [0.05, 0.1) is 30.9 Å². The lowest BCUT2D eigenvalue weighted by Gasteiger charge is -2.28. The standard InChI is InChI=1S/C25H25N3O4/c1-16-10-11-20-17(12-16)13-19-21(27-20)14-22(30-3)24(31-4)23(19)28(15-32-25(29)26-2)18-8-6-5-7-9-18/h5-14H,15H2,1-4H3,(H,26,29). The highest BCUT2D eigenvalue weighted by atomic mass is 16.6. The molecule has 0 unspecified atom stereocenters. The molecule has 1 aromatic heterocycles. The number of hydrogen-bond acceptors (Lipinski definition) is 6. The number of hydrogen-bond donors (Lipinski definition) is 1. The number of rotatable bonds is 6. The molecule has 1 heterocycles. The minimum Gasteiger partial charge on any atom is -0.493 e. The van der Waals surface area contributed by atoms with E-state index >= 15 is 0 Å². The molecule has 0 saturated carbocycles. The highest BCUT2D eigenvalue weighted by Crippen LogP contribution is 2.46. The van der Waals surface area contributed by atoms with Crippen molar-refractivity contribution in [1.82, 2.24) is 10.3 Å². The fourth-order valence-electron chi connectivity index (χ4n) is 3.73. The molecule has 7 nitrogen and oxygen atoms in total. The van der Waals surface area contributed by atoms with Crippen LogP contribution in [0.1, 0.15) is 5.56 Å². The number of methoxy groups -OCH3 is 2. The van der Waals surface area contributed by atoms with E-state index in [0.29, 0.717) is 17.2 Å². The maximum Gasteiger partial charge on any atom is 0.408 e. The summed E-state index contributed by atoms with van der Waals surface area (Å²) in [5.74, 6) is 1.06. The lowest BCUT2D eigenvalue weighted by atomic mass is 10.1. The zero-order chi connectivity index (χ0) is 22.7. The van der Waals surface area contributed by atoms with Gasteiger partial charge in [-0.3, -0.25) is 0 Å². The molecule has 3 aromatic carbocycles. The Morgan fingerprint density at radius 1 is 1.00 bits per heavy atom. The first-order valence-electron chi connectivity index (χ1n) is 10.2. The highest BCUT2D eigenvalue weighted by molar-refractivity contribution is 6.04. The third kappa shape index (κ3) is 3.97. The second-order valence-electron chi connectivity index (χ2n) is 7.29. The lowest BCUT2D eigenvalue weighted by Crippen LogP contribution is -2.28. The monoisotopic (exact) mass is 431 g/mol. The zero-order valence-corrected chi connectivity index (χ0v) is 18.5. The van der Waals surface area contributed by atoms with E-state index in [9.17, 15) is 4.79 Å². The second kappa shape index (κ2) is 9.01. The number of aryl methyl sites for hydroxylation is 1. The first-order chi connectivity index (χ1) is 15.5. The molecule has 0 aliphatic carbocycles. The fourth-order valence-corrected chi connectivity index (χ4v) is 3.73. The van der Waals surface area contributed by atoms with E-state index in [-0.39, 0.29) is 6.73 Å². The maximum atomic E-state index is 11.9. The lowest BCUT2D eigenvalue weighted by molar-refractivity contribution is 0.151. The van der Waals surface area contributed by atoms with Crippen molar-refractivity contribution in [3.63, 3.8) is 0 Å². The van der Waals surface area contributed by atoms with Gasteiger partial charge in [0.1, 0.15) is 0 Å². The molecule has 0 fully saturated rings. The third-order valence-corrected chi connectivity index (χ3v) is 5.25. The minimum absolute atomic E-state index is 0.0336. The minimum atomic E-state index is -0.531. The van der Waals surface area contributed by atoms with Crippen LogP contribution in [0.25, 0.3) is 21.8 Å². The molecule has 0 spiro atoms. The van der Waals surface area contributed by atoms with Crippen LogP contribution in [0.3, 0.4) is 0 Å². The Balaban J connectivity index is 2.03. The molecule has 7 heteroatoms.